The van der Waals surface area contributed by atoms with Crippen molar-refractivity contribution in [2.24, 2.45) is 7.05 Å². The third-order valence-corrected chi connectivity index (χ3v) is 4.82. The second-order valence-electron chi connectivity index (χ2n) is 4.74. The molecule has 0 saturated heterocycles. The molecule has 3 aromatic rings. The maximum absolute atomic E-state index is 12.4. The molecule has 0 spiro atoms. The van der Waals surface area contributed by atoms with Crippen molar-refractivity contribution in [2.45, 2.75) is 6.92 Å². The van der Waals surface area contributed by atoms with E-state index in [0.29, 0.717) is 16.3 Å². The quantitative estimate of drug-likeness (QED) is 0.730. The first-order valence-corrected chi connectivity index (χ1v) is 7.86. The molecule has 0 atom stereocenters. The van der Waals surface area contributed by atoms with E-state index in [4.69, 9.17) is 5.73 Å². The van der Waals surface area contributed by atoms with Crippen molar-refractivity contribution >= 4 is 54.6 Å². The number of carbonyl (C=O) groups excluding carboxylic acids is 1. The van der Waals surface area contributed by atoms with Gasteiger partial charge in [0.05, 0.1) is 17.1 Å². The van der Waals surface area contributed by atoms with Crippen LogP contribution in [0.5, 0.6) is 0 Å². The minimum atomic E-state index is -0.207. The third-order valence-electron chi connectivity index (χ3n) is 3.16. The highest BCUT2D eigenvalue weighted by Gasteiger charge is 2.18. The summed E-state index contributed by atoms with van der Waals surface area (Å²) in [5.74, 6) is -0.207. The number of benzene rings is 1. The molecule has 0 bridgehead atoms. The summed E-state index contributed by atoms with van der Waals surface area (Å²) in [5.41, 5.74) is 8.08. The molecule has 2 aromatic heterocycles. The summed E-state index contributed by atoms with van der Waals surface area (Å²) in [6, 6.07) is 5.79. The lowest BCUT2D eigenvalue weighted by Gasteiger charge is -2.02. The number of amides is 1. The van der Waals surface area contributed by atoms with Crippen LogP contribution in [0.1, 0.15) is 15.4 Å². The van der Waals surface area contributed by atoms with Crippen LogP contribution >= 0.6 is 27.3 Å². The van der Waals surface area contributed by atoms with Crippen molar-refractivity contribution < 1.29 is 4.79 Å². The van der Waals surface area contributed by atoms with E-state index >= 15 is 0 Å². The molecule has 1 aromatic carbocycles. The van der Waals surface area contributed by atoms with E-state index in [2.05, 4.69) is 26.3 Å². The largest absolute Gasteiger partial charge is 0.397 e. The highest BCUT2D eigenvalue weighted by molar-refractivity contribution is 9.10. The van der Waals surface area contributed by atoms with Crippen LogP contribution in [0.4, 0.5) is 11.4 Å². The van der Waals surface area contributed by atoms with Crippen LogP contribution in [-0.2, 0) is 7.05 Å². The summed E-state index contributed by atoms with van der Waals surface area (Å²) >= 11 is 4.81. The number of aryl methyl sites for hydroxylation is 2. The molecule has 2 heterocycles. The van der Waals surface area contributed by atoms with Crippen LogP contribution in [0.25, 0.3) is 10.1 Å². The van der Waals surface area contributed by atoms with Crippen LogP contribution in [-0.4, -0.2) is 15.7 Å². The molecule has 0 aliphatic rings. The summed E-state index contributed by atoms with van der Waals surface area (Å²) in [5, 5.41) is 7.96. The minimum absolute atomic E-state index is 0.207. The van der Waals surface area contributed by atoms with Crippen molar-refractivity contribution in [3.8, 4) is 0 Å². The number of hydrogen-bond acceptors (Lipinski definition) is 4. The Bertz CT molecular complexity index is 852. The molecule has 21 heavy (non-hydrogen) atoms. The highest BCUT2D eigenvalue weighted by Crippen LogP contribution is 2.35. The molecule has 3 N–H and O–H groups in total. The van der Waals surface area contributed by atoms with Gasteiger partial charge in [0.2, 0.25) is 0 Å². The van der Waals surface area contributed by atoms with Crippen LogP contribution in [0.15, 0.2) is 28.9 Å². The first-order chi connectivity index (χ1) is 9.95. The summed E-state index contributed by atoms with van der Waals surface area (Å²) < 4.78 is 3.61. The zero-order chi connectivity index (χ0) is 15.1. The number of nitrogens with zero attached hydrogens (tertiary/aromatic N) is 2. The molecule has 108 valence electrons. The van der Waals surface area contributed by atoms with E-state index in [-0.39, 0.29) is 5.91 Å². The number of fused-ring (bicyclic) bond motifs is 1. The second kappa shape index (κ2) is 5.16. The fourth-order valence-electron chi connectivity index (χ4n) is 2.16. The van der Waals surface area contributed by atoms with Crippen molar-refractivity contribution in [1.82, 2.24) is 9.78 Å². The average molecular weight is 365 g/mol. The van der Waals surface area contributed by atoms with Gasteiger partial charge in [0.25, 0.3) is 5.91 Å². The maximum atomic E-state index is 12.4. The van der Waals surface area contributed by atoms with Crippen molar-refractivity contribution in [3.63, 3.8) is 0 Å². The molecule has 0 saturated carbocycles. The molecule has 0 aliphatic heterocycles. The van der Waals surface area contributed by atoms with Crippen molar-refractivity contribution in [1.29, 1.82) is 0 Å². The van der Waals surface area contributed by atoms with E-state index in [1.165, 1.54) is 11.3 Å². The molecule has 0 aliphatic carbocycles. The smallest absolute Gasteiger partial charge is 0.267 e. The molecular formula is C14H13BrN4OS. The summed E-state index contributed by atoms with van der Waals surface area (Å²) in [6.45, 7) is 1.85. The number of rotatable bonds is 2. The number of hydrogen-bond donors (Lipinski definition) is 2. The first kappa shape index (κ1) is 14.1. The molecule has 0 fully saturated rings. The van der Waals surface area contributed by atoms with Gasteiger partial charge in [-0.25, -0.2) is 0 Å². The number of aromatic nitrogens is 2. The number of carbonyl (C=O) groups is 1. The lowest BCUT2D eigenvalue weighted by Crippen LogP contribution is -2.12. The molecule has 0 radical (unpaired) electrons. The van der Waals surface area contributed by atoms with Crippen molar-refractivity contribution in [3.05, 3.63) is 39.4 Å². The average Bonchev–Trinajstić information content (AvgIpc) is 2.90. The number of anilines is 2. The normalized spacial score (nSPS) is 11.0. The zero-order valence-electron chi connectivity index (χ0n) is 11.5. The Morgan fingerprint density at radius 1 is 1.48 bits per heavy atom. The number of nitrogens with one attached hydrogen (secondary N) is 1. The topological polar surface area (TPSA) is 72.9 Å². The summed E-state index contributed by atoms with van der Waals surface area (Å²) in [7, 11) is 1.81. The fourth-order valence-corrected chi connectivity index (χ4v) is 3.73. The number of thiophene rings is 1. The predicted molar refractivity (Wildman–Crippen MR) is 89.8 cm³/mol. The molecule has 7 heteroatoms. The number of halogens is 1. The number of nitrogen functional groups attached to an aromatic ring is 1. The van der Waals surface area contributed by atoms with E-state index < -0.39 is 0 Å². The number of nitrogens with two attached hydrogens (primary N) is 1. The van der Waals surface area contributed by atoms with Crippen LogP contribution < -0.4 is 11.1 Å². The van der Waals surface area contributed by atoms with Gasteiger partial charge in [0.1, 0.15) is 4.88 Å². The van der Waals surface area contributed by atoms with Gasteiger partial charge in [-0.3, -0.25) is 9.48 Å². The highest BCUT2D eigenvalue weighted by atomic mass is 79.9. The zero-order valence-corrected chi connectivity index (χ0v) is 13.9. The maximum Gasteiger partial charge on any atom is 0.267 e. The van der Waals surface area contributed by atoms with Crippen LogP contribution in [0.2, 0.25) is 0 Å². The molecular weight excluding hydrogens is 352 g/mol. The summed E-state index contributed by atoms with van der Waals surface area (Å²) in [4.78, 5) is 12.9. The Morgan fingerprint density at radius 3 is 2.90 bits per heavy atom. The molecule has 3 rings (SSSR count). The SMILES string of the molecule is Cc1nn(C)cc1NC(=O)c1sc2cc(Br)ccc2c1N. The standard InChI is InChI=1S/C14H13BrN4OS/c1-7-10(6-19(2)18-7)17-14(20)13-12(16)9-4-3-8(15)5-11(9)21-13/h3-6H,16H2,1-2H3,(H,17,20). The van der Waals surface area contributed by atoms with Gasteiger partial charge in [-0.1, -0.05) is 22.0 Å². The Balaban J connectivity index is 1.98. The molecule has 0 unspecified atom stereocenters. The third kappa shape index (κ3) is 2.54. The van der Waals surface area contributed by atoms with Gasteiger partial charge in [-0.15, -0.1) is 11.3 Å². The van der Waals surface area contributed by atoms with Gasteiger partial charge in [-0.2, -0.15) is 5.10 Å². The molecule has 5 nitrogen and oxygen atoms in total. The summed E-state index contributed by atoms with van der Waals surface area (Å²) in [6.07, 6.45) is 1.77. The van der Waals surface area contributed by atoms with Gasteiger partial charge >= 0.3 is 0 Å². The van der Waals surface area contributed by atoms with Gasteiger partial charge in [-0.05, 0) is 19.1 Å². The Kier molecular flexibility index (Phi) is 3.46. The van der Waals surface area contributed by atoms with Gasteiger partial charge in [0, 0.05) is 27.8 Å². The second-order valence-corrected chi connectivity index (χ2v) is 6.71. The lowest BCUT2D eigenvalue weighted by molar-refractivity contribution is 0.103. The Morgan fingerprint density at radius 2 is 2.24 bits per heavy atom. The van der Waals surface area contributed by atoms with Gasteiger partial charge in [0.15, 0.2) is 0 Å². The fraction of sp³-hybridized carbons (Fsp3) is 0.143. The van der Waals surface area contributed by atoms with Gasteiger partial charge < -0.3 is 11.1 Å². The van der Waals surface area contributed by atoms with Crippen LogP contribution in [0, 0.1) is 6.92 Å². The first-order valence-electron chi connectivity index (χ1n) is 6.25. The predicted octanol–water partition coefficient (Wildman–Crippen LogP) is 3.54. The van der Waals surface area contributed by atoms with Crippen LogP contribution in [0.3, 0.4) is 0 Å². The van der Waals surface area contributed by atoms with E-state index in [9.17, 15) is 4.79 Å². The van der Waals surface area contributed by atoms with E-state index in [0.717, 1.165) is 20.3 Å². The Hall–Kier alpha value is -1.86. The monoisotopic (exact) mass is 364 g/mol. The Labute approximate surface area is 133 Å². The molecule has 1 amide bonds. The minimum Gasteiger partial charge on any atom is -0.397 e. The van der Waals surface area contributed by atoms with E-state index in [1.807, 2.05) is 32.2 Å². The van der Waals surface area contributed by atoms with Crippen molar-refractivity contribution in [2.75, 3.05) is 11.1 Å². The lowest BCUT2D eigenvalue weighted by atomic mass is 10.2. The van der Waals surface area contributed by atoms with E-state index in [1.54, 1.807) is 10.9 Å².